The minimum Gasteiger partial charge on any atom is -0.491 e. The summed E-state index contributed by atoms with van der Waals surface area (Å²) in [6, 6.07) is 9.12. The highest BCUT2D eigenvalue weighted by Gasteiger charge is 2.46. The van der Waals surface area contributed by atoms with Gasteiger partial charge in [-0.05, 0) is 51.3 Å². The van der Waals surface area contributed by atoms with E-state index in [9.17, 15) is 14.7 Å². The van der Waals surface area contributed by atoms with Gasteiger partial charge in [-0.1, -0.05) is 42.3 Å². The number of nitrogens with zero attached hydrogens (tertiary/aromatic N) is 1. The van der Waals surface area contributed by atoms with E-state index in [-0.39, 0.29) is 5.56 Å². The van der Waals surface area contributed by atoms with Crippen molar-refractivity contribution in [2.45, 2.75) is 44.1 Å². The molecule has 1 saturated heterocycles. The SMILES string of the molecule is O=C(NC1(C(=O)O)CCC1)c1cc(Cl)c2ccccc2c1OCCN1CCCCC1. The fourth-order valence-corrected chi connectivity index (χ4v) is 4.57. The number of carboxylic acid groups (broad SMARTS) is 1. The smallest absolute Gasteiger partial charge is 0.329 e. The van der Waals surface area contributed by atoms with Gasteiger partial charge in [0.1, 0.15) is 17.9 Å². The molecule has 0 spiro atoms. The molecule has 0 aromatic heterocycles. The molecule has 1 aliphatic heterocycles. The number of amides is 1. The van der Waals surface area contributed by atoms with Crippen LogP contribution in [0.4, 0.5) is 0 Å². The van der Waals surface area contributed by atoms with Crippen LogP contribution in [-0.4, -0.2) is 53.7 Å². The summed E-state index contributed by atoms with van der Waals surface area (Å²) in [7, 11) is 0. The number of rotatable bonds is 7. The first-order valence-corrected chi connectivity index (χ1v) is 11.0. The van der Waals surface area contributed by atoms with Crippen LogP contribution in [0.5, 0.6) is 5.75 Å². The molecule has 6 nitrogen and oxygen atoms in total. The molecule has 160 valence electrons. The summed E-state index contributed by atoms with van der Waals surface area (Å²) in [6.07, 6.45) is 5.32. The Kier molecular flexibility index (Phi) is 6.16. The molecule has 2 aromatic carbocycles. The monoisotopic (exact) mass is 430 g/mol. The van der Waals surface area contributed by atoms with Gasteiger partial charge in [-0.2, -0.15) is 0 Å². The minimum atomic E-state index is -1.19. The number of aliphatic carboxylic acids is 1. The van der Waals surface area contributed by atoms with Crippen molar-refractivity contribution in [3.8, 4) is 5.75 Å². The van der Waals surface area contributed by atoms with E-state index in [1.807, 2.05) is 24.3 Å². The highest BCUT2D eigenvalue weighted by Crippen LogP contribution is 2.37. The van der Waals surface area contributed by atoms with Crippen molar-refractivity contribution in [2.24, 2.45) is 0 Å². The van der Waals surface area contributed by atoms with Gasteiger partial charge in [0.2, 0.25) is 0 Å². The summed E-state index contributed by atoms with van der Waals surface area (Å²) >= 11 is 6.46. The van der Waals surface area contributed by atoms with E-state index in [1.54, 1.807) is 6.07 Å². The molecular formula is C23H27ClN2O4. The maximum absolute atomic E-state index is 13.1. The van der Waals surface area contributed by atoms with Crippen molar-refractivity contribution in [1.82, 2.24) is 10.2 Å². The molecule has 0 unspecified atom stereocenters. The largest absolute Gasteiger partial charge is 0.491 e. The van der Waals surface area contributed by atoms with E-state index in [2.05, 4.69) is 10.2 Å². The van der Waals surface area contributed by atoms with Crippen LogP contribution in [0.25, 0.3) is 10.8 Å². The summed E-state index contributed by atoms with van der Waals surface area (Å²) in [6.45, 7) is 3.38. The van der Waals surface area contributed by atoms with Crippen molar-refractivity contribution in [2.75, 3.05) is 26.2 Å². The minimum absolute atomic E-state index is 0.282. The lowest BCUT2D eigenvalue weighted by Crippen LogP contribution is -2.59. The molecule has 2 aromatic rings. The Labute approximate surface area is 181 Å². The molecule has 1 saturated carbocycles. The zero-order chi connectivity index (χ0) is 21.1. The number of carboxylic acids is 1. The summed E-state index contributed by atoms with van der Waals surface area (Å²) in [5.41, 5.74) is -0.912. The number of carbonyl (C=O) groups excluding carboxylic acids is 1. The van der Waals surface area contributed by atoms with Gasteiger partial charge >= 0.3 is 5.97 Å². The van der Waals surface area contributed by atoms with Crippen LogP contribution in [0.1, 0.15) is 48.9 Å². The van der Waals surface area contributed by atoms with Gasteiger partial charge in [0.15, 0.2) is 0 Å². The molecule has 7 heteroatoms. The first kappa shape index (κ1) is 20.9. The summed E-state index contributed by atoms with van der Waals surface area (Å²) in [5, 5.41) is 14.3. The number of hydrogen-bond donors (Lipinski definition) is 2. The lowest BCUT2D eigenvalue weighted by atomic mass is 9.76. The summed E-state index contributed by atoms with van der Waals surface area (Å²) < 4.78 is 6.15. The molecule has 0 bridgehead atoms. The Hall–Kier alpha value is -2.31. The number of likely N-dealkylation sites (tertiary alicyclic amines) is 1. The predicted molar refractivity (Wildman–Crippen MR) is 116 cm³/mol. The lowest BCUT2D eigenvalue weighted by molar-refractivity contribution is -0.148. The maximum Gasteiger partial charge on any atom is 0.329 e. The van der Waals surface area contributed by atoms with Crippen LogP contribution < -0.4 is 10.1 Å². The number of ether oxygens (including phenoxy) is 1. The third kappa shape index (κ3) is 4.12. The number of nitrogens with one attached hydrogen (secondary N) is 1. The number of piperidine rings is 1. The molecule has 2 aliphatic rings. The van der Waals surface area contributed by atoms with Crippen molar-refractivity contribution in [3.63, 3.8) is 0 Å². The molecule has 1 amide bonds. The van der Waals surface area contributed by atoms with Crippen molar-refractivity contribution < 1.29 is 19.4 Å². The fraction of sp³-hybridized carbons (Fsp3) is 0.478. The van der Waals surface area contributed by atoms with Crippen molar-refractivity contribution in [3.05, 3.63) is 40.9 Å². The standard InChI is InChI=1S/C23H27ClN2O4/c24-19-15-18(21(27)25-23(22(28)29)9-6-10-23)20(17-8-3-2-7-16(17)19)30-14-13-26-11-4-1-5-12-26/h2-3,7-8,15H,1,4-6,9-14H2,(H,25,27)(H,28,29). The number of halogens is 1. The van der Waals surface area contributed by atoms with E-state index in [0.29, 0.717) is 30.2 Å². The van der Waals surface area contributed by atoms with Gasteiger partial charge in [-0.25, -0.2) is 4.79 Å². The second kappa shape index (κ2) is 8.82. The van der Waals surface area contributed by atoms with E-state index in [4.69, 9.17) is 16.3 Å². The molecule has 0 atom stereocenters. The van der Waals surface area contributed by atoms with Gasteiger partial charge in [-0.3, -0.25) is 9.69 Å². The van der Waals surface area contributed by atoms with Crippen LogP contribution in [-0.2, 0) is 4.79 Å². The quantitative estimate of drug-likeness (QED) is 0.691. The second-order valence-corrected chi connectivity index (χ2v) is 8.63. The van der Waals surface area contributed by atoms with Gasteiger partial charge < -0.3 is 15.2 Å². The van der Waals surface area contributed by atoms with E-state index in [0.717, 1.165) is 36.8 Å². The molecule has 4 rings (SSSR count). The van der Waals surface area contributed by atoms with Gasteiger partial charge in [0.25, 0.3) is 5.91 Å². The van der Waals surface area contributed by atoms with Gasteiger partial charge in [0, 0.05) is 22.3 Å². The first-order valence-electron chi connectivity index (χ1n) is 10.6. The average molecular weight is 431 g/mol. The fourth-order valence-electron chi connectivity index (χ4n) is 4.30. The molecular weight excluding hydrogens is 404 g/mol. The lowest BCUT2D eigenvalue weighted by Gasteiger charge is -2.38. The van der Waals surface area contributed by atoms with Gasteiger partial charge in [0.05, 0.1) is 5.56 Å². The van der Waals surface area contributed by atoms with Gasteiger partial charge in [-0.15, -0.1) is 0 Å². The first-order chi connectivity index (χ1) is 14.5. The van der Waals surface area contributed by atoms with Crippen molar-refractivity contribution in [1.29, 1.82) is 0 Å². The number of carbonyl (C=O) groups is 2. The molecule has 0 radical (unpaired) electrons. The summed E-state index contributed by atoms with van der Waals surface area (Å²) in [5.74, 6) is -0.997. The average Bonchev–Trinajstić information content (AvgIpc) is 2.72. The Morgan fingerprint density at radius 1 is 1.10 bits per heavy atom. The Bertz CT molecular complexity index is 952. The van der Waals surface area contributed by atoms with Crippen LogP contribution in [0.3, 0.4) is 0 Å². The van der Waals surface area contributed by atoms with E-state index < -0.39 is 17.4 Å². The second-order valence-electron chi connectivity index (χ2n) is 8.23. The Morgan fingerprint density at radius 3 is 2.43 bits per heavy atom. The van der Waals surface area contributed by atoms with Crippen LogP contribution >= 0.6 is 11.6 Å². The van der Waals surface area contributed by atoms with Crippen LogP contribution in [0.2, 0.25) is 5.02 Å². The molecule has 1 aliphatic carbocycles. The molecule has 2 N–H and O–H groups in total. The molecule has 2 fully saturated rings. The topological polar surface area (TPSA) is 78.9 Å². The van der Waals surface area contributed by atoms with Crippen LogP contribution in [0, 0.1) is 0 Å². The van der Waals surface area contributed by atoms with Crippen molar-refractivity contribution >= 4 is 34.2 Å². The number of fused-ring (bicyclic) bond motifs is 1. The third-order valence-electron chi connectivity index (χ3n) is 6.26. The molecule has 1 heterocycles. The van der Waals surface area contributed by atoms with E-state index in [1.165, 1.54) is 19.3 Å². The molecule has 30 heavy (non-hydrogen) atoms. The number of hydrogen-bond acceptors (Lipinski definition) is 4. The Morgan fingerprint density at radius 2 is 1.80 bits per heavy atom. The number of benzene rings is 2. The predicted octanol–water partition coefficient (Wildman–Crippen LogP) is 4.10. The highest BCUT2D eigenvalue weighted by atomic mass is 35.5. The normalized spacial score (nSPS) is 18.6. The Balaban J connectivity index is 1.61. The summed E-state index contributed by atoms with van der Waals surface area (Å²) in [4.78, 5) is 27.2. The maximum atomic E-state index is 13.1. The zero-order valence-corrected chi connectivity index (χ0v) is 17.7. The third-order valence-corrected chi connectivity index (χ3v) is 6.57. The zero-order valence-electron chi connectivity index (χ0n) is 17.0. The highest BCUT2D eigenvalue weighted by molar-refractivity contribution is 6.36. The van der Waals surface area contributed by atoms with E-state index >= 15 is 0 Å². The van der Waals surface area contributed by atoms with Crippen LogP contribution in [0.15, 0.2) is 30.3 Å².